The van der Waals surface area contributed by atoms with Crippen molar-refractivity contribution < 1.29 is 0 Å². The van der Waals surface area contributed by atoms with Crippen LogP contribution in [-0.4, -0.2) is 13.6 Å². The number of hydrogen-bond acceptors (Lipinski definition) is 1. The number of nitrogens with one attached hydrogen (secondary N) is 1. The number of likely N-dealkylation sites (N-methyl/N-ethyl adjacent to an activating group) is 1. The van der Waals surface area contributed by atoms with Gasteiger partial charge < -0.3 is 5.32 Å². The van der Waals surface area contributed by atoms with E-state index in [-0.39, 0.29) is 0 Å². The van der Waals surface area contributed by atoms with E-state index in [0.717, 1.165) is 12.5 Å². The van der Waals surface area contributed by atoms with Gasteiger partial charge in [-0.05, 0) is 43.5 Å². The SMILES string of the molecule is CCC1CC(CNC)(c2ccc(Br)cc2)C1. The van der Waals surface area contributed by atoms with Crippen molar-refractivity contribution in [2.24, 2.45) is 5.92 Å². The predicted molar refractivity (Wildman–Crippen MR) is 72.8 cm³/mol. The minimum atomic E-state index is 0.399. The first-order valence-corrected chi connectivity index (χ1v) is 6.90. The van der Waals surface area contributed by atoms with Crippen LogP contribution < -0.4 is 5.32 Å². The van der Waals surface area contributed by atoms with Crippen LogP contribution in [0, 0.1) is 5.92 Å². The lowest BCUT2D eigenvalue weighted by atomic mass is 9.58. The van der Waals surface area contributed by atoms with Gasteiger partial charge in [0.05, 0.1) is 0 Å². The highest BCUT2D eigenvalue weighted by Gasteiger charge is 2.43. The van der Waals surface area contributed by atoms with Gasteiger partial charge >= 0.3 is 0 Å². The Labute approximate surface area is 107 Å². The first-order chi connectivity index (χ1) is 7.70. The van der Waals surface area contributed by atoms with Crippen LogP contribution in [0.25, 0.3) is 0 Å². The van der Waals surface area contributed by atoms with Crippen molar-refractivity contribution in [2.75, 3.05) is 13.6 Å². The summed E-state index contributed by atoms with van der Waals surface area (Å²) in [5.74, 6) is 0.928. The van der Waals surface area contributed by atoms with E-state index in [1.165, 1.54) is 29.3 Å². The molecule has 0 radical (unpaired) electrons. The Morgan fingerprint density at radius 3 is 2.44 bits per heavy atom. The third-order valence-electron chi connectivity index (χ3n) is 3.91. The summed E-state index contributed by atoms with van der Waals surface area (Å²) in [6, 6.07) is 8.86. The highest BCUT2D eigenvalue weighted by molar-refractivity contribution is 9.10. The monoisotopic (exact) mass is 281 g/mol. The first-order valence-electron chi connectivity index (χ1n) is 6.11. The summed E-state index contributed by atoms with van der Waals surface area (Å²) in [5, 5.41) is 3.36. The van der Waals surface area contributed by atoms with E-state index in [4.69, 9.17) is 0 Å². The zero-order chi connectivity index (χ0) is 11.6. The van der Waals surface area contributed by atoms with Crippen LogP contribution in [0.3, 0.4) is 0 Å². The minimum absolute atomic E-state index is 0.399. The summed E-state index contributed by atoms with van der Waals surface area (Å²) in [7, 11) is 2.06. The molecule has 16 heavy (non-hydrogen) atoms. The zero-order valence-electron chi connectivity index (χ0n) is 10.1. The second kappa shape index (κ2) is 4.89. The van der Waals surface area contributed by atoms with Crippen LogP contribution in [0.1, 0.15) is 31.7 Å². The second-order valence-corrected chi connectivity index (χ2v) is 5.92. The van der Waals surface area contributed by atoms with E-state index < -0.39 is 0 Å². The second-order valence-electron chi connectivity index (χ2n) is 5.00. The molecule has 1 nitrogen and oxygen atoms in total. The summed E-state index contributed by atoms with van der Waals surface area (Å²) in [4.78, 5) is 0. The van der Waals surface area contributed by atoms with Crippen LogP contribution in [0.2, 0.25) is 0 Å². The average Bonchev–Trinajstić information content (AvgIpc) is 2.24. The van der Waals surface area contributed by atoms with Gasteiger partial charge in [0.15, 0.2) is 0 Å². The largest absolute Gasteiger partial charge is 0.319 e. The fraction of sp³-hybridized carbons (Fsp3) is 0.571. The van der Waals surface area contributed by atoms with Crippen LogP contribution in [0.5, 0.6) is 0 Å². The molecule has 0 amide bonds. The lowest BCUT2D eigenvalue weighted by Gasteiger charge is -2.48. The number of benzene rings is 1. The minimum Gasteiger partial charge on any atom is -0.319 e. The molecule has 1 aromatic carbocycles. The highest BCUT2D eigenvalue weighted by atomic mass is 79.9. The summed E-state index contributed by atoms with van der Waals surface area (Å²) in [5.41, 5.74) is 1.89. The lowest BCUT2D eigenvalue weighted by molar-refractivity contribution is 0.136. The van der Waals surface area contributed by atoms with E-state index in [0.29, 0.717) is 5.41 Å². The predicted octanol–water partition coefficient (Wildman–Crippen LogP) is 3.73. The van der Waals surface area contributed by atoms with E-state index in [1.54, 1.807) is 0 Å². The maximum absolute atomic E-state index is 3.50. The van der Waals surface area contributed by atoms with E-state index in [2.05, 4.69) is 59.5 Å². The van der Waals surface area contributed by atoms with Gasteiger partial charge in [-0.1, -0.05) is 41.4 Å². The number of hydrogen-bond donors (Lipinski definition) is 1. The van der Waals surface area contributed by atoms with Crippen molar-refractivity contribution in [3.8, 4) is 0 Å². The normalized spacial score (nSPS) is 28.8. The molecule has 2 rings (SSSR count). The molecule has 0 heterocycles. The van der Waals surface area contributed by atoms with Crippen molar-refractivity contribution in [1.82, 2.24) is 5.32 Å². The van der Waals surface area contributed by atoms with Crippen LogP contribution >= 0.6 is 15.9 Å². The van der Waals surface area contributed by atoms with Crippen LogP contribution in [0.15, 0.2) is 28.7 Å². The zero-order valence-corrected chi connectivity index (χ0v) is 11.7. The summed E-state index contributed by atoms with van der Waals surface area (Å²) in [6.07, 6.45) is 4.00. The van der Waals surface area contributed by atoms with Gasteiger partial charge in [-0.2, -0.15) is 0 Å². The Kier molecular flexibility index (Phi) is 3.70. The molecule has 88 valence electrons. The van der Waals surface area contributed by atoms with Gasteiger partial charge in [-0.25, -0.2) is 0 Å². The molecule has 1 aliphatic rings. The quantitative estimate of drug-likeness (QED) is 0.887. The molecule has 1 aliphatic carbocycles. The molecule has 0 saturated heterocycles. The van der Waals surface area contributed by atoms with Gasteiger partial charge in [-0.3, -0.25) is 0 Å². The smallest absolute Gasteiger partial charge is 0.0175 e. The Hall–Kier alpha value is -0.340. The first kappa shape index (κ1) is 12.1. The van der Waals surface area contributed by atoms with Gasteiger partial charge in [0.25, 0.3) is 0 Å². The van der Waals surface area contributed by atoms with Crippen molar-refractivity contribution in [2.45, 2.75) is 31.6 Å². The molecule has 0 unspecified atom stereocenters. The number of halogens is 1. The van der Waals surface area contributed by atoms with E-state index in [1.807, 2.05) is 0 Å². The topological polar surface area (TPSA) is 12.0 Å². The third-order valence-corrected chi connectivity index (χ3v) is 4.44. The fourth-order valence-electron chi connectivity index (χ4n) is 2.96. The van der Waals surface area contributed by atoms with E-state index >= 15 is 0 Å². The fourth-order valence-corrected chi connectivity index (χ4v) is 3.22. The molecule has 0 atom stereocenters. The van der Waals surface area contributed by atoms with E-state index in [9.17, 15) is 0 Å². The van der Waals surface area contributed by atoms with Crippen LogP contribution in [0.4, 0.5) is 0 Å². The lowest BCUT2D eigenvalue weighted by Crippen LogP contribution is -2.47. The van der Waals surface area contributed by atoms with Crippen molar-refractivity contribution in [1.29, 1.82) is 0 Å². The van der Waals surface area contributed by atoms with Gasteiger partial charge in [0, 0.05) is 16.4 Å². The Morgan fingerprint density at radius 2 is 1.94 bits per heavy atom. The Morgan fingerprint density at radius 1 is 1.31 bits per heavy atom. The summed E-state index contributed by atoms with van der Waals surface area (Å²) < 4.78 is 1.17. The molecule has 0 aliphatic heterocycles. The van der Waals surface area contributed by atoms with Crippen molar-refractivity contribution >= 4 is 15.9 Å². The highest BCUT2D eigenvalue weighted by Crippen LogP contribution is 2.48. The molecule has 1 aromatic rings. The average molecular weight is 282 g/mol. The maximum atomic E-state index is 3.50. The number of rotatable bonds is 4. The summed E-state index contributed by atoms with van der Waals surface area (Å²) in [6.45, 7) is 3.40. The Balaban J connectivity index is 2.17. The molecule has 0 bridgehead atoms. The molecular formula is C14H20BrN. The standard InChI is InChI=1S/C14H20BrN/c1-3-11-8-14(9-11,10-16-2)12-4-6-13(15)7-5-12/h4-7,11,16H,3,8-10H2,1-2H3. The van der Waals surface area contributed by atoms with Gasteiger partial charge in [0.1, 0.15) is 0 Å². The molecule has 1 saturated carbocycles. The third kappa shape index (κ3) is 2.18. The van der Waals surface area contributed by atoms with Crippen molar-refractivity contribution in [3.63, 3.8) is 0 Å². The molecule has 1 N–H and O–H groups in total. The molecular weight excluding hydrogens is 262 g/mol. The van der Waals surface area contributed by atoms with Gasteiger partial charge in [-0.15, -0.1) is 0 Å². The summed E-state index contributed by atoms with van der Waals surface area (Å²) >= 11 is 3.50. The molecule has 1 fully saturated rings. The van der Waals surface area contributed by atoms with Gasteiger partial charge in [0.2, 0.25) is 0 Å². The van der Waals surface area contributed by atoms with Crippen molar-refractivity contribution in [3.05, 3.63) is 34.3 Å². The molecule has 2 heteroatoms. The van der Waals surface area contributed by atoms with Crippen LogP contribution in [-0.2, 0) is 5.41 Å². The maximum Gasteiger partial charge on any atom is 0.0175 e. The molecule has 0 aromatic heterocycles. The molecule has 0 spiro atoms. The Bertz CT molecular complexity index is 338.